The Bertz CT molecular complexity index is 312. The largest absolute Gasteiger partial charge is 0.310 e. The molecule has 0 bridgehead atoms. The summed E-state index contributed by atoms with van der Waals surface area (Å²) in [6.07, 6.45) is 5.29. The molecule has 1 aromatic heterocycles. The standard InChI is InChI=1S/C14H26N2S/c1-5-6-7-8-9-15-10-13-16-12(11-17-13)14(2,3)4/h11,15H,5-10H2,1-4H3. The minimum atomic E-state index is 0.176. The molecule has 0 aliphatic rings. The Morgan fingerprint density at radius 2 is 2.00 bits per heavy atom. The first-order chi connectivity index (χ1) is 8.04. The predicted octanol–water partition coefficient (Wildman–Crippen LogP) is 4.11. The van der Waals surface area contributed by atoms with E-state index in [-0.39, 0.29) is 5.41 Å². The van der Waals surface area contributed by atoms with Gasteiger partial charge in [0.1, 0.15) is 5.01 Å². The van der Waals surface area contributed by atoms with Crippen molar-refractivity contribution >= 4 is 11.3 Å². The molecule has 0 unspecified atom stereocenters. The molecule has 0 aromatic carbocycles. The van der Waals surface area contributed by atoms with E-state index in [2.05, 4.69) is 43.4 Å². The normalized spacial score (nSPS) is 12.0. The summed E-state index contributed by atoms with van der Waals surface area (Å²) in [6, 6.07) is 0. The van der Waals surface area contributed by atoms with Gasteiger partial charge < -0.3 is 5.32 Å². The van der Waals surface area contributed by atoms with Crippen LogP contribution in [0.3, 0.4) is 0 Å². The van der Waals surface area contributed by atoms with E-state index >= 15 is 0 Å². The minimum absolute atomic E-state index is 0.176. The molecule has 0 aliphatic heterocycles. The Balaban J connectivity index is 2.21. The van der Waals surface area contributed by atoms with Gasteiger partial charge in [-0.25, -0.2) is 4.98 Å². The molecule has 1 aromatic rings. The van der Waals surface area contributed by atoms with E-state index in [0.29, 0.717) is 0 Å². The van der Waals surface area contributed by atoms with Gasteiger partial charge in [-0.2, -0.15) is 0 Å². The van der Waals surface area contributed by atoms with Crippen molar-refractivity contribution in [3.05, 3.63) is 16.1 Å². The van der Waals surface area contributed by atoms with Crippen molar-refractivity contribution in [2.24, 2.45) is 0 Å². The number of nitrogens with zero attached hydrogens (tertiary/aromatic N) is 1. The van der Waals surface area contributed by atoms with Crippen LogP contribution in [0.1, 0.15) is 64.1 Å². The average Bonchev–Trinajstić information content (AvgIpc) is 2.71. The van der Waals surface area contributed by atoms with Crippen LogP contribution in [0.4, 0.5) is 0 Å². The molecule has 0 aliphatic carbocycles. The molecule has 2 nitrogen and oxygen atoms in total. The van der Waals surface area contributed by atoms with E-state index in [1.165, 1.54) is 36.4 Å². The smallest absolute Gasteiger partial charge is 0.107 e. The zero-order chi connectivity index (χ0) is 12.7. The third-order valence-electron chi connectivity index (χ3n) is 2.80. The Morgan fingerprint density at radius 3 is 2.59 bits per heavy atom. The third-order valence-corrected chi connectivity index (χ3v) is 3.65. The Morgan fingerprint density at radius 1 is 1.24 bits per heavy atom. The maximum absolute atomic E-state index is 4.67. The number of hydrogen-bond donors (Lipinski definition) is 1. The van der Waals surface area contributed by atoms with Gasteiger partial charge in [-0.3, -0.25) is 0 Å². The summed E-state index contributed by atoms with van der Waals surface area (Å²) < 4.78 is 0. The van der Waals surface area contributed by atoms with Gasteiger partial charge in [0.25, 0.3) is 0 Å². The summed E-state index contributed by atoms with van der Waals surface area (Å²) >= 11 is 1.77. The van der Waals surface area contributed by atoms with Gasteiger partial charge in [0.2, 0.25) is 0 Å². The van der Waals surface area contributed by atoms with Gasteiger partial charge in [-0.05, 0) is 13.0 Å². The fourth-order valence-corrected chi connectivity index (χ4v) is 2.60. The molecule has 98 valence electrons. The lowest BCUT2D eigenvalue weighted by Crippen LogP contribution is -2.16. The monoisotopic (exact) mass is 254 g/mol. The number of nitrogens with one attached hydrogen (secondary N) is 1. The molecular formula is C14H26N2S. The van der Waals surface area contributed by atoms with Crippen LogP contribution in [-0.2, 0) is 12.0 Å². The van der Waals surface area contributed by atoms with Gasteiger partial charge >= 0.3 is 0 Å². The van der Waals surface area contributed by atoms with Crippen molar-refractivity contribution < 1.29 is 0 Å². The zero-order valence-corrected chi connectivity index (χ0v) is 12.5. The highest BCUT2D eigenvalue weighted by atomic mass is 32.1. The van der Waals surface area contributed by atoms with E-state index < -0.39 is 0 Å². The highest BCUT2D eigenvalue weighted by Crippen LogP contribution is 2.23. The lowest BCUT2D eigenvalue weighted by molar-refractivity contribution is 0.564. The molecule has 0 saturated carbocycles. The third kappa shape index (κ3) is 5.64. The van der Waals surface area contributed by atoms with Crippen molar-refractivity contribution in [1.82, 2.24) is 10.3 Å². The van der Waals surface area contributed by atoms with E-state index in [4.69, 9.17) is 0 Å². The minimum Gasteiger partial charge on any atom is -0.310 e. The van der Waals surface area contributed by atoms with Crippen molar-refractivity contribution in [3.63, 3.8) is 0 Å². The SMILES string of the molecule is CCCCCCNCc1nc(C(C)(C)C)cs1. The van der Waals surface area contributed by atoms with Crippen LogP contribution in [0.2, 0.25) is 0 Å². The van der Waals surface area contributed by atoms with E-state index in [9.17, 15) is 0 Å². The highest BCUT2D eigenvalue weighted by Gasteiger charge is 2.16. The predicted molar refractivity (Wildman–Crippen MR) is 76.7 cm³/mol. The first-order valence-electron chi connectivity index (χ1n) is 6.69. The molecule has 0 amide bonds. The Labute approximate surface area is 110 Å². The molecule has 1 heterocycles. The molecule has 0 fully saturated rings. The lowest BCUT2D eigenvalue weighted by Gasteiger charge is -2.14. The van der Waals surface area contributed by atoms with Crippen LogP contribution in [0.25, 0.3) is 0 Å². The summed E-state index contributed by atoms with van der Waals surface area (Å²) in [5.41, 5.74) is 1.39. The Kier molecular flexibility index (Phi) is 6.14. The second-order valence-corrected chi connectivity index (χ2v) is 6.56. The topological polar surface area (TPSA) is 24.9 Å². The first-order valence-corrected chi connectivity index (χ1v) is 7.57. The van der Waals surface area contributed by atoms with Crippen LogP contribution < -0.4 is 5.32 Å². The fourth-order valence-electron chi connectivity index (χ4n) is 1.61. The second kappa shape index (κ2) is 7.12. The fraction of sp³-hybridized carbons (Fsp3) is 0.786. The molecule has 17 heavy (non-hydrogen) atoms. The average molecular weight is 254 g/mol. The van der Waals surface area contributed by atoms with Crippen molar-refractivity contribution in [2.75, 3.05) is 6.54 Å². The second-order valence-electron chi connectivity index (χ2n) is 5.61. The summed E-state index contributed by atoms with van der Waals surface area (Å²) in [6.45, 7) is 10.9. The number of unbranched alkanes of at least 4 members (excludes halogenated alkanes) is 3. The molecule has 0 radical (unpaired) electrons. The van der Waals surface area contributed by atoms with Gasteiger partial charge in [-0.1, -0.05) is 47.0 Å². The van der Waals surface area contributed by atoms with Crippen LogP contribution in [0.15, 0.2) is 5.38 Å². The van der Waals surface area contributed by atoms with Gasteiger partial charge in [0, 0.05) is 17.3 Å². The maximum atomic E-state index is 4.67. The summed E-state index contributed by atoms with van der Waals surface area (Å²) in [7, 11) is 0. The van der Waals surface area contributed by atoms with Crippen molar-refractivity contribution in [3.8, 4) is 0 Å². The summed E-state index contributed by atoms with van der Waals surface area (Å²) in [4.78, 5) is 4.67. The molecule has 3 heteroatoms. The van der Waals surface area contributed by atoms with E-state index in [1.54, 1.807) is 11.3 Å². The number of thiazole rings is 1. The van der Waals surface area contributed by atoms with E-state index in [1.807, 2.05) is 0 Å². The summed E-state index contributed by atoms with van der Waals surface area (Å²) in [5.74, 6) is 0. The summed E-state index contributed by atoms with van der Waals surface area (Å²) in [5, 5.41) is 6.88. The number of rotatable bonds is 7. The molecular weight excluding hydrogens is 228 g/mol. The van der Waals surface area contributed by atoms with Gasteiger partial charge in [0.15, 0.2) is 0 Å². The molecule has 0 saturated heterocycles. The Hall–Kier alpha value is -0.410. The quantitative estimate of drug-likeness (QED) is 0.741. The highest BCUT2D eigenvalue weighted by molar-refractivity contribution is 7.09. The lowest BCUT2D eigenvalue weighted by atomic mass is 9.93. The van der Waals surface area contributed by atoms with Crippen LogP contribution in [0, 0.1) is 0 Å². The van der Waals surface area contributed by atoms with Crippen molar-refractivity contribution in [2.45, 2.75) is 65.3 Å². The van der Waals surface area contributed by atoms with Crippen molar-refractivity contribution in [1.29, 1.82) is 0 Å². The molecule has 1 rings (SSSR count). The van der Waals surface area contributed by atoms with Crippen LogP contribution in [0.5, 0.6) is 0 Å². The van der Waals surface area contributed by atoms with Gasteiger partial charge in [-0.15, -0.1) is 11.3 Å². The maximum Gasteiger partial charge on any atom is 0.107 e. The molecule has 0 atom stereocenters. The van der Waals surface area contributed by atoms with E-state index in [0.717, 1.165) is 13.1 Å². The zero-order valence-electron chi connectivity index (χ0n) is 11.7. The first kappa shape index (κ1) is 14.7. The molecule has 1 N–H and O–H groups in total. The molecule has 0 spiro atoms. The van der Waals surface area contributed by atoms with Crippen LogP contribution >= 0.6 is 11.3 Å². The number of aromatic nitrogens is 1. The number of hydrogen-bond acceptors (Lipinski definition) is 3. The van der Waals surface area contributed by atoms with Gasteiger partial charge in [0.05, 0.1) is 5.69 Å². The van der Waals surface area contributed by atoms with Crippen LogP contribution in [-0.4, -0.2) is 11.5 Å².